The number of aliphatic hydroxyl groups is 1. The fraction of sp³-hybridized carbons (Fsp3) is 0.333. The molecule has 1 N–H and O–H groups in total. The van der Waals surface area contributed by atoms with Gasteiger partial charge in [0.15, 0.2) is 0 Å². The molecule has 1 saturated carbocycles. The molecular weight excluding hydrogens is 408 g/mol. The van der Waals surface area contributed by atoms with Crippen molar-refractivity contribution in [2.75, 3.05) is 4.90 Å². The van der Waals surface area contributed by atoms with Gasteiger partial charge in [-0.05, 0) is 85.2 Å². The molecule has 3 atom stereocenters. The summed E-state index contributed by atoms with van der Waals surface area (Å²) >= 11 is 0. The van der Waals surface area contributed by atoms with E-state index in [1.165, 1.54) is 12.1 Å². The summed E-state index contributed by atoms with van der Waals surface area (Å²) in [5.41, 5.74) is 4.58. The van der Waals surface area contributed by atoms with Crippen molar-refractivity contribution in [2.45, 2.75) is 57.0 Å². The van der Waals surface area contributed by atoms with Gasteiger partial charge < -0.3 is 14.7 Å². The van der Waals surface area contributed by atoms with Crippen molar-refractivity contribution in [1.29, 1.82) is 0 Å². The van der Waals surface area contributed by atoms with Crippen molar-refractivity contribution in [3.8, 4) is 0 Å². The summed E-state index contributed by atoms with van der Waals surface area (Å²) < 4.78 is 34.2. The largest absolute Gasteiger partial charge is 0.388 e. The quantitative estimate of drug-likeness (QED) is 0.571. The van der Waals surface area contributed by atoms with E-state index in [9.17, 15) is 13.9 Å². The summed E-state index contributed by atoms with van der Waals surface area (Å²) in [5, 5.41) is 11.4. The number of rotatable bonds is 4. The summed E-state index contributed by atoms with van der Waals surface area (Å²) in [5.74, 6) is -0.566. The van der Waals surface area contributed by atoms with Gasteiger partial charge in [0.25, 0.3) is 0 Å². The van der Waals surface area contributed by atoms with Crippen LogP contribution >= 0.6 is 0 Å². The van der Waals surface area contributed by atoms with Gasteiger partial charge in [-0.25, -0.2) is 8.78 Å². The monoisotopic (exact) mass is 435 g/mol. The van der Waals surface area contributed by atoms with Crippen molar-refractivity contribution < 1.29 is 18.6 Å². The van der Waals surface area contributed by atoms with Gasteiger partial charge in [0, 0.05) is 11.4 Å². The second-order valence-corrected chi connectivity index (χ2v) is 8.74. The summed E-state index contributed by atoms with van der Waals surface area (Å²) in [6.45, 7) is 0.443. The maximum Gasteiger partial charge on any atom is 0.123 e. The molecule has 1 aliphatic carbocycles. The molecule has 5 heteroatoms. The van der Waals surface area contributed by atoms with Crippen molar-refractivity contribution in [2.24, 2.45) is 0 Å². The van der Waals surface area contributed by atoms with Gasteiger partial charge in [0.05, 0.1) is 18.8 Å². The van der Waals surface area contributed by atoms with E-state index in [2.05, 4.69) is 4.90 Å². The molecule has 0 unspecified atom stereocenters. The van der Waals surface area contributed by atoms with E-state index >= 15 is 0 Å². The average molecular weight is 436 g/mol. The molecule has 0 bridgehead atoms. The van der Waals surface area contributed by atoms with Crippen LogP contribution in [0.4, 0.5) is 20.2 Å². The van der Waals surface area contributed by atoms with Crippen LogP contribution in [0.1, 0.15) is 36.0 Å². The highest BCUT2D eigenvalue weighted by Gasteiger charge is 2.39. The Kier molecular flexibility index (Phi) is 5.94. The second-order valence-electron chi connectivity index (χ2n) is 8.74. The molecule has 1 heterocycles. The SMILES string of the molecule is O[C@H]1[C@H](N2c3ccc(F)cc3CCc3cc(F)ccc32)CCC[C@H]1OCc1ccccc1. The first-order chi connectivity index (χ1) is 15.6. The second kappa shape index (κ2) is 9.00. The van der Waals surface area contributed by atoms with Gasteiger partial charge in [-0.15, -0.1) is 0 Å². The van der Waals surface area contributed by atoms with Crippen LogP contribution in [0, 0.1) is 11.6 Å². The van der Waals surface area contributed by atoms with Crippen molar-refractivity contribution >= 4 is 11.4 Å². The standard InChI is InChI=1S/C27H27F2NO2/c28-21-11-13-23-19(15-21)9-10-20-16-22(29)12-14-24(20)30(23)25-7-4-8-26(27(25)31)32-17-18-5-2-1-3-6-18/h1-3,5-6,11-16,25-27,31H,4,7-10,17H2/t25-,26-,27+/m1/s1. The summed E-state index contributed by atoms with van der Waals surface area (Å²) in [4.78, 5) is 2.10. The van der Waals surface area contributed by atoms with Gasteiger partial charge in [-0.1, -0.05) is 30.3 Å². The number of aryl methyl sites for hydroxylation is 2. The van der Waals surface area contributed by atoms with Crippen molar-refractivity contribution in [3.05, 3.63) is 95.1 Å². The third kappa shape index (κ3) is 4.15. The molecule has 3 nitrogen and oxygen atoms in total. The molecule has 32 heavy (non-hydrogen) atoms. The predicted molar refractivity (Wildman–Crippen MR) is 121 cm³/mol. The molecule has 1 fully saturated rings. The van der Waals surface area contributed by atoms with Gasteiger partial charge in [0.1, 0.15) is 17.7 Å². The van der Waals surface area contributed by atoms with E-state index in [0.29, 0.717) is 19.4 Å². The molecule has 0 radical (unpaired) electrons. The number of aliphatic hydroxyl groups excluding tert-OH is 1. The smallest absolute Gasteiger partial charge is 0.123 e. The molecule has 3 aromatic rings. The molecule has 0 spiro atoms. The Balaban J connectivity index is 1.48. The maximum atomic E-state index is 14.0. The van der Waals surface area contributed by atoms with E-state index in [-0.39, 0.29) is 23.8 Å². The zero-order valence-electron chi connectivity index (χ0n) is 17.9. The Morgan fingerprint density at radius 1 is 0.844 bits per heavy atom. The minimum Gasteiger partial charge on any atom is -0.388 e. The lowest BCUT2D eigenvalue weighted by Gasteiger charge is -2.43. The van der Waals surface area contributed by atoms with Crippen LogP contribution < -0.4 is 4.90 Å². The normalized spacial score (nSPS) is 22.7. The van der Waals surface area contributed by atoms with Crippen LogP contribution in [-0.2, 0) is 24.2 Å². The summed E-state index contributed by atoms with van der Waals surface area (Å²) in [7, 11) is 0. The first-order valence-electron chi connectivity index (χ1n) is 11.3. The Labute approximate surface area is 187 Å². The molecule has 166 valence electrons. The van der Waals surface area contributed by atoms with E-state index in [0.717, 1.165) is 47.3 Å². The number of anilines is 2. The molecule has 5 rings (SSSR count). The van der Waals surface area contributed by atoms with E-state index < -0.39 is 6.10 Å². The molecular formula is C27H27F2NO2. The number of ether oxygens (including phenoxy) is 1. The zero-order valence-corrected chi connectivity index (χ0v) is 17.9. The molecule has 0 saturated heterocycles. The number of nitrogens with zero attached hydrogens (tertiary/aromatic N) is 1. The number of hydrogen-bond acceptors (Lipinski definition) is 3. The lowest BCUT2D eigenvalue weighted by atomic mass is 9.87. The predicted octanol–water partition coefficient (Wildman–Crippen LogP) is 5.70. The third-order valence-corrected chi connectivity index (χ3v) is 6.67. The third-order valence-electron chi connectivity index (χ3n) is 6.67. The summed E-state index contributed by atoms with van der Waals surface area (Å²) in [6.07, 6.45) is 2.69. The maximum absolute atomic E-state index is 14.0. The lowest BCUT2D eigenvalue weighted by molar-refractivity contribution is -0.0739. The highest BCUT2D eigenvalue weighted by Crippen LogP contribution is 2.42. The highest BCUT2D eigenvalue weighted by molar-refractivity contribution is 5.72. The average Bonchev–Trinajstić information content (AvgIpc) is 2.95. The van der Waals surface area contributed by atoms with Crippen LogP contribution in [-0.4, -0.2) is 23.4 Å². The molecule has 0 amide bonds. The van der Waals surface area contributed by atoms with Crippen LogP contribution in [0.3, 0.4) is 0 Å². The fourth-order valence-corrected chi connectivity index (χ4v) is 5.09. The Hall–Kier alpha value is -2.76. The number of fused-ring (bicyclic) bond motifs is 2. The number of halogens is 2. The van der Waals surface area contributed by atoms with E-state index in [1.807, 2.05) is 30.3 Å². The number of hydrogen-bond donors (Lipinski definition) is 1. The molecule has 1 aliphatic heterocycles. The highest BCUT2D eigenvalue weighted by atomic mass is 19.1. The zero-order chi connectivity index (χ0) is 22.1. The fourth-order valence-electron chi connectivity index (χ4n) is 5.09. The van der Waals surface area contributed by atoms with Gasteiger partial charge in [0.2, 0.25) is 0 Å². The van der Waals surface area contributed by atoms with Crippen LogP contribution in [0.5, 0.6) is 0 Å². The van der Waals surface area contributed by atoms with Crippen LogP contribution in [0.25, 0.3) is 0 Å². The van der Waals surface area contributed by atoms with Crippen LogP contribution in [0.15, 0.2) is 66.7 Å². The number of benzene rings is 3. The Bertz CT molecular complexity index is 1030. The Morgan fingerprint density at radius 3 is 2.09 bits per heavy atom. The van der Waals surface area contributed by atoms with E-state index in [4.69, 9.17) is 4.74 Å². The molecule has 2 aliphatic rings. The minimum atomic E-state index is -0.721. The van der Waals surface area contributed by atoms with E-state index in [1.54, 1.807) is 24.3 Å². The van der Waals surface area contributed by atoms with Gasteiger partial charge >= 0.3 is 0 Å². The Morgan fingerprint density at radius 2 is 1.47 bits per heavy atom. The lowest BCUT2D eigenvalue weighted by Crippen LogP contribution is -2.50. The van der Waals surface area contributed by atoms with Crippen molar-refractivity contribution in [1.82, 2.24) is 0 Å². The first kappa shape index (κ1) is 21.1. The van der Waals surface area contributed by atoms with Gasteiger partial charge in [-0.3, -0.25) is 0 Å². The minimum absolute atomic E-state index is 0.240. The van der Waals surface area contributed by atoms with Crippen LogP contribution in [0.2, 0.25) is 0 Å². The molecule has 3 aromatic carbocycles. The first-order valence-corrected chi connectivity index (χ1v) is 11.3. The molecule has 0 aromatic heterocycles. The van der Waals surface area contributed by atoms with Gasteiger partial charge in [-0.2, -0.15) is 0 Å². The summed E-state index contributed by atoms with van der Waals surface area (Å²) in [6, 6.07) is 19.3. The van der Waals surface area contributed by atoms with Crippen molar-refractivity contribution in [3.63, 3.8) is 0 Å². The topological polar surface area (TPSA) is 32.7 Å².